The summed E-state index contributed by atoms with van der Waals surface area (Å²) in [5.41, 5.74) is 3.18. The number of imidazole rings is 1. The number of rotatable bonds is 7. The number of morpholine rings is 1. The lowest BCUT2D eigenvalue weighted by Crippen LogP contribution is -2.54. The van der Waals surface area contributed by atoms with Gasteiger partial charge in [0.15, 0.2) is 23.5 Å². The molecule has 0 spiro atoms. The molecule has 3 N–H and O–H groups in total. The molecule has 1 saturated carbocycles. The molecule has 11 nitrogen and oxygen atoms in total. The lowest BCUT2D eigenvalue weighted by Gasteiger charge is -2.42. The van der Waals surface area contributed by atoms with E-state index in [9.17, 15) is 18.0 Å². The van der Waals surface area contributed by atoms with Gasteiger partial charge in [0.1, 0.15) is 5.52 Å². The molecular formula is C27H33F3N8O3. The summed E-state index contributed by atoms with van der Waals surface area (Å²) in [6.07, 6.45) is -2.42. The normalized spacial score (nSPS) is 21.9. The highest BCUT2D eigenvalue weighted by Crippen LogP contribution is 2.36. The first-order valence-corrected chi connectivity index (χ1v) is 13.8. The van der Waals surface area contributed by atoms with Gasteiger partial charge in [0.25, 0.3) is 0 Å². The fourth-order valence-corrected chi connectivity index (χ4v) is 5.52. The number of nitrogens with zero attached hydrogens (tertiary/aromatic N) is 5. The maximum atomic E-state index is 13.3. The number of ether oxygens (including phenoxy) is 1. The molecule has 6 rings (SSSR count). The second-order valence-corrected chi connectivity index (χ2v) is 11.5. The van der Waals surface area contributed by atoms with Crippen LogP contribution in [0.5, 0.6) is 0 Å². The van der Waals surface area contributed by atoms with E-state index in [0.717, 1.165) is 25.0 Å². The van der Waals surface area contributed by atoms with Crippen LogP contribution < -0.4 is 21.0 Å². The summed E-state index contributed by atoms with van der Waals surface area (Å²) in [5, 5.41) is 6.21. The van der Waals surface area contributed by atoms with E-state index in [-0.39, 0.29) is 18.4 Å². The van der Waals surface area contributed by atoms with Gasteiger partial charge in [-0.15, -0.1) is 5.48 Å². The van der Waals surface area contributed by atoms with E-state index in [1.54, 1.807) is 0 Å². The smallest absolute Gasteiger partial charge is 0.377 e. The van der Waals surface area contributed by atoms with Gasteiger partial charge in [0.05, 0.1) is 30.9 Å². The number of alkyl halides is 3. The molecule has 2 saturated heterocycles. The Morgan fingerprint density at radius 2 is 1.93 bits per heavy atom. The number of carbonyl (C=O) groups is 1. The molecule has 1 aliphatic carbocycles. The van der Waals surface area contributed by atoms with Crippen molar-refractivity contribution in [2.75, 3.05) is 30.0 Å². The second kappa shape index (κ2) is 10.3. The highest BCUT2D eigenvalue weighted by atomic mass is 19.4. The van der Waals surface area contributed by atoms with Crippen molar-refractivity contribution >= 4 is 29.0 Å². The molecule has 41 heavy (non-hydrogen) atoms. The van der Waals surface area contributed by atoms with E-state index < -0.39 is 29.5 Å². The van der Waals surface area contributed by atoms with E-state index in [1.165, 1.54) is 18.6 Å². The van der Waals surface area contributed by atoms with Gasteiger partial charge in [-0.2, -0.15) is 18.2 Å². The van der Waals surface area contributed by atoms with Crippen molar-refractivity contribution < 1.29 is 27.5 Å². The van der Waals surface area contributed by atoms with E-state index >= 15 is 0 Å². The molecule has 3 fully saturated rings. The molecule has 0 bridgehead atoms. The molecule has 2 aromatic heterocycles. The fourth-order valence-electron chi connectivity index (χ4n) is 5.52. The Morgan fingerprint density at radius 1 is 1.17 bits per heavy atom. The Hall–Kier alpha value is -3.65. The first-order chi connectivity index (χ1) is 19.5. The lowest BCUT2D eigenvalue weighted by atomic mass is 9.80. The summed E-state index contributed by atoms with van der Waals surface area (Å²) in [4.78, 5) is 33.2. The van der Waals surface area contributed by atoms with Gasteiger partial charge < -0.3 is 24.4 Å². The molecule has 1 amide bonds. The Bertz CT molecular complexity index is 1440. The van der Waals surface area contributed by atoms with Crippen LogP contribution >= 0.6 is 0 Å². The molecule has 14 heteroatoms. The number of benzene rings is 1. The molecule has 1 unspecified atom stereocenters. The topological polar surface area (TPSA) is 118 Å². The van der Waals surface area contributed by atoms with Gasteiger partial charge in [-0.25, -0.2) is 14.8 Å². The molecule has 4 heterocycles. The van der Waals surface area contributed by atoms with Crippen LogP contribution in [0.1, 0.15) is 63.2 Å². The van der Waals surface area contributed by atoms with Gasteiger partial charge in [-0.05, 0) is 57.2 Å². The summed E-state index contributed by atoms with van der Waals surface area (Å²) in [5.74, 6) is 1.90. The highest BCUT2D eigenvalue weighted by Gasteiger charge is 2.37. The Labute approximate surface area is 234 Å². The largest absolute Gasteiger partial charge is 0.427 e. The molecule has 3 aliphatic rings. The quantitative estimate of drug-likeness (QED) is 0.379. The summed E-state index contributed by atoms with van der Waals surface area (Å²) < 4.78 is 47.5. The van der Waals surface area contributed by atoms with Crippen LogP contribution in [0.25, 0.3) is 11.2 Å². The molecule has 2 aliphatic heterocycles. The number of hydroxylamine groups is 1. The minimum Gasteiger partial charge on any atom is -0.377 e. The zero-order chi connectivity index (χ0) is 28.9. The number of carbonyl (C=O) groups excluding carboxylic acids is 1. The number of aromatic nitrogens is 4. The van der Waals surface area contributed by atoms with Gasteiger partial charge in [-0.1, -0.05) is 18.6 Å². The number of amides is 1. The number of fused-ring (bicyclic) bond motifs is 1. The van der Waals surface area contributed by atoms with Gasteiger partial charge >= 0.3 is 12.3 Å². The number of hydrogen-bond donors (Lipinski definition) is 3. The van der Waals surface area contributed by atoms with Crippen molar-refractivity contribution in [2.45, 2.75) is 70.5 Å². The Balaban J connectivity index is 1.49. The summed E-state index contributed by atoms with van der Waals surface area (Å²) in [7, 11) is 0. The van der Waals surface area contributed by atoms with Gasteiger partial charge in [0.2, 0.25) is 5.95 Å². The average Bonchev–Trinajstić information content (AvgIpc) is 3.46. The standard InChI is InChI=1S/C27H33F3N8O3/c1-15(17-5-4-6-17)31-20-19-21(33-22(32-20)23-35-25(39)41-36-23)34-24(38-11-12-40-14-26(38,2)3)37(19)13-16-7-9-18(10-8-16)27(28,29)30/h7-10,15,17,23,36H,4-6,11-14H2,1-3H3,(H,35,39)(H,31,32,33)/t15-,23?/m1/s1. The fraction of sp³-hybridized carbons (Fsp3) is 0.556. The number of nitrogens with one attached hydrogen (secondary N) is 3. The molecule has 0 radical (unpaired) electrons. The van der Waals surface area contributed by atoms with Crippen LogP contribution in [0, 0.1) is 5.92 Å². The van der Waals surface area contributed by atoms with Crippen molar-refractivity contribution in [3.05, 3.63) is 41.2 Å². The Kier molecular flexibility index (Phi) is 6.92. The molecule has 3 aromatic rings. The van der Waals surface area contributed by atoms with Crippen molar-refractivity contribution in [1.29, 1.82) is 0 Å². The van der Waals surface area contributed by atoms with Crippen LogP contribution in [0.3, 0.4) is 0 Å². The molecule has 220 valence electrons. The van der Waals surface area contributed by atoms with Crippen LogP contribution in [-0.4, -0.2) is 57.0 Å². The summed E-state index contributed by atoms with van der Waals surface area (Å²) in [6, 6.07) is 5.26. The zero-order valence-electron chi connectivity index (χ0n) is 23.1. The summed E-state index contributed by atoms with van der Waals surface area (Å²) in [6.45, 7) is 8.01. The van der Waals surface area contributed by atoms with Crippen LogP contribution in [-0.2, 0) is 22.3 Å². The van der Waals surface area contributed by atoms with E-state index in [1.807, 2.05) is 4.57 Å². The molecular weight excluding hydrogens is 541 g/mol. The third-order valence-corrected chi connectivity index (χ3v) is 8.12. The minimum atomic E-state index is -4.42. The van der Waals surface area contributed by atoms with Gasteiger partial charge in [-0.3, -0.25) is 5.32 Å². The summed E-state index contributed by atoms with van der Waals surface area (Å²) >= 11 is 0. The average molecular weight is 575 g/mol. The van der Waals surface area contributed by atoms with E-state index in [4.69, 9.17) is 24.5 Å². The number of halogens is 3. The predicted octanol–water partition coefficient (Wildman–Crippen LogP) is 4.35. The number of anilines is 2. The van der Waals surface area contributed by atoms with Crippen LogP contribution in [0.15, 0.2) is 24.3 Å². The lowest BCUT2D eigenvalue weighted by molar-refractivity contribution is -0.137. The maximum Gasteiger partial charge on any atom is 0.427 e. The van der Waals surface area contributed by atoms with Crippen molar-refractivity contribution in [3.8, 4) is 0 Å². The third-order valence-electron chi connectivity index (χ3n) is 8.12. The van der Waals surface area contributed by atoms with Gasteiger partial charge in [0, 0.05) is 12.6 Å². The monoisotopic (exact) mass is 574 g/mol. The zero-order valence-corrected chi connectivity index (χ0v) is 23.1. The van der Waals surface area contributed by atoms with Crippen LogP contribution in [0.2, 0.25) is 0 Å². The van der Waals surface area contributed by atoms with E-state index in [0.29, 0.717) is 54.2 Å². The number of hydrogen-bond acceptors (Lipinski definition) is 9. The predicted molar refractivity (Wildman–Crippen MR) is 144 cm³/mol. The van der Waals surface area contributed by atoms with Crippen molar-refractivity contribution in [2.24, 2.45) is 5.92 Å². The maximum absolute atomic E-state index is 13.3. The minimum absolute atomic E-state index is 0.106. The first-order valence-electron chi connectivity index (χ1n) is 13.8. The van der Waals surface area contributed by atoms with Crippen LogP contribution in [0.4, 0.5) is 29.7 Å². The first kappa shape index (κ1) is 27.5. The molecule has 2 atom stereocenters. The SMILES string of the molecule is C[C@@H](Nc1nc(C2NOC(=O)N2)nc2nc(N3CCOCC3(C)C)n(Cc3ccc(C(F)(F)F)cc3)c12)C1CCC1. The highest BCUT2D eigenvalue weighted by molar-refractivity contribution is 5.86. The third kappa shape index (κ3) is 5.37. The second-order valence-electron chi connectivity index (χ2n) is 11.5. The Morgan fingerprint density at radius 3 is 2.54 bits per heavy atom. The van der Waals surface area contributed by atoms with Crippen molar-refractivity contribution in [3.63, 3.8) is 0 Å². The molecule has 1 aromatic carbocycles. The van der Waals surface area contributed by atoms with E-state index in [2.05, 4.69) is 41.8 Å². The van der Waals surface area contributed by atoms with Crippen molar-refractivity contribution in [1.82, 2.24) is 30.3 Å².